The molecule has 1 aliphatic rings. The summed E-state index contributed by atoms with van der Waals surface area (Å²) in [6, 6.07) is 2.41. The van der Waals surface area contributed by atoms with E-state index in [4.69, 9.17) is 5.73 Å². The van der Waals surface area contributed by atoms with E-state index in [1.54, 1.807) is 0 Å². The van der Waals surface area contributed by atoms with Crippen molar-refractivity contribution < 1.29 is 8.78 Å². The summed E-state index contributed by atoms with van der Waals surface area (Å²) in [7, 11) is 0. The smallest absolute Gasteiger partial charge is 0.140 e. The minimum atomic E-state index is -0.565. The standard InChI is InChI=1S/C11H12BrF2N/c12-8-5-7(9(13)6-10(8)14)1-2-11(15)3-4-11/h5-6H,1-4,15H2. The third-order valence-electron chi connectivity index (χ3n) is 2.87. The first kappa shape index (κ1) is 11.0. The molecule has 0 aromatic heterocycles. The zero-order valence-electron chi connectivity index (χ0n) is 8.19. The lowest BCUT2D eigenvalue weighted by Crippen LogP contribution is -2.22. The highest BCUT2D eigenvalue weighted by atomic mass is 79.9. The first-order chi connectivity index (χ1) is 7.00. The van der Waals surface area contributed by atoms with E-state index in [0.29, 0.717) is 16.5 Å². The lowest BCUT2D eigenvalue weighted by Gasteiger charge is -2.09. The van der Waals surface area contributed by atoms with E-state index in [1.807, 2.05) is 0 Å². The molecule has 0 heterocycles. The summed E-state index contributed by atoms with van der Waals surface area (Å²) in [4.78, 5) is 0. The van der Waals surface area contributed by atoms with Crippen molar-refractivity contribution in [2.75, 3.05) is 0 Å². The number of halogens is 3. The van der Waals surface area contributed by atoms with Gasteiger partial charge in [0.25, 0.3) is 0 Å². The molecule has 0 radical (unpaired) electrons. The van der Waals surface area contributed by atoms with Crippen molar-refractivity contribution in [1.82, 2.24) is 0 Å². The van der Waals surface area contributed by atoms with Crippen LogP contribution in [0.2, 0.25) is 0 Å². The van der Waals surface area contributed by atoms with E-state index in [0.717, 1.165) is 25.3 Å². The Bertz CT molecular complexity index is 388. The second kappa shape index (κ2) is 3.83. The van der Waals surface area contributed by atoms with E-state index in [1.165, 1.54) is 6.07 Å². The van der Waals surface area contributed by atoms with Crippen LogP contribution in [0.4, 0.5) is 8.78 Å². The normalized spacial score (nSPS) is 17.9. The molecule has 0 spiro atoms. The Morgan fingerprint density at radius 3 is 2.53 bits per heavy atom. The van der Waals surface area contributed by atoms with Crippen LogP contribution < -0.4 is 5.73 Å². The fourth-order valence-electron chi connectivity index (χ4n) is 1.55. The molecule has 15 heavy (non-hydrogen) atoms. The van der Waals surface area contributed by atoms with E-state index in [2.05, 4.69) is 15.9 Å². The average Bonchev–Trinajstić information content (AvgIpc) is 2.89. The van der Waals surface area contributed by atoms with Gasteiger partial charge in [-0.1, -0.05) is 0 Å². The lowest BCUT2D eigenvalue weighted by molar-refractivity contribution is 0.550. The van der Waals surface area contributed by atoms with Crippen LogP contribution in [0.5, 0.6) is 0 Å². The van der Waals surface area contributed by atoms with Crippen molar-refractivity contribution in [1.29, 1.82) is 0 Å². The van der Waals surface area contributed by atoms with Gasteiger partial charge in [0.1, 0.15) is 11.6 Å². The van der Waals surface area contributed by atoms with E-state index in [-0.39, 0.29) is 5.54 Å². The maximum absolute atomic E-state index is 13.3. The van der Waals surface area contributed by atoms with Crippen LogP contribution in [0.3, 0.4) is 0 Å². The highest BCUT2D eigenvalue weighted by Gasteiger charge is 2.37. The van der Waals surface area contributed by atoms with E-state index in [9.17, 15) is 8.78 Å². The van der Waals surface area contributed by atoms with Crippen molar-refractivity contribution in [2.45, 2.75) is 31.2 Å². The molecule has 1 aromatic carbocycles. The van der Waals surface area contributed by atoms with Crippen molar-refractivity contribution >= 4 is 15.9 Å². The van der Waals surface area contributed by atoms with Crippen LogP contribution in [-0.4, -0.2) is 5.54 Å². The van der Waals surface area contributed by atoms with Gasteiger partial charge in [-0.3, -0.25) is 0 Å². The summed E-state index contributed by atoms with van der Waals surface area (Å²) in [6.07, 6.45) is 3.36. The quantitative estimate of drug-likeness (QED) is 0.843. The zero-order valence-corrected chi connectivity index (χ0v) is 9.78. The van der Waals surface area contributed by atoms with E-state index < -0.39 is 11.6 Å². The second-order valence-electron chi connectivity index (χ2n) is 4.22. The first-order valence-corrected chi connectivity index (χ1v) is 5.72. The van der Waals surface area contributed by atoms with Gasteiger partial charge in [-0.25, -0.2) is 8.78 Å². The van der Waals surface area contributed by atoms with Gasteiger partial charge < -0.3 is 5.73 Å². The fourth-order valence-corrected chi connectivity index (χ4v) is 1.94. The molecule has 4 heteroatoms. The third kappa shape index (κ3) is 2.55. The van der Waals surface area contributed by atoms with Crippen molar-refractivity contribution in [3.05, 3.63) is 33.8 Å². The van der Waals surface area contributed by atoms with Gasteiger partial charge in [0.15, 0.2) is 0 Å². The van der Waals surface area contributed by atoms with Crippen LogP contribution >= 0.6 is 15.9 Å². The van der Waals surface area contributed by atoms with Crippen molar-refractivity contribution in [3.8, 4) is 0 Å². The largest absolute Gasteiger partial charge is 0.325 e. The topological polar surface area (TPSA) is 26.0 Å². The number of nitrogens with two attached hydrogens (primary N) is 1. The van der Waals surface area contributed by atoms with Crippen molar-refractivity contribution in [2.24, 2.45) is 5.73 Å². The SMILES string of the molecule is NC1(CCc2cc(Br)c(F)cc2F)CC1. The molecule has 1 aliphatic carbocycles. The molecule has 1 fully saturated rings. The average molecular weight is 276 g/mol. The van der Waals surface area contributed by atoms with Gasteiger partial charge in [0.2, 0.25) is 0 Å². The number of hydrogen-bond donors (Lipinski definition) is 1. The summed E-state index contributed by atoms with van der Waals surface area (Å²) >= 11 is 3.04. The Labute approximate surface area is 95.8 Å². The molecule has 1 nitrogen and oxygen atoms in total. The molecule has 1 aromatic rings. The van der Waals surface area contributed by atoms with Crippen LogP contribution in [0.15, 0.2) is 16.6 Å². The van der Waals surface area contributed by atoms with Crippen molar-refractivity contribution in [3.63, 3.8) is 0 Å². The number of hydrogen-bond acceptors (Lipinski definition) is 1. The summed E-state index contributed by atoms with van der Waals surface area (Å²) < 4.78 is 26.6. The van der Waals surface area contributed by atoms with Gasteiger partial charge in [-0.2, -0.15) is 0 Å². The molecule has 0 bridgehead atoms. The fraction of sp³-hybridized carbons (Fsp3) is 0.455. The molecular formula is C11H12BrF2N. The van der Waals surface area contributed by atoms with Crippen LogP contribution in [0.1, 0.15) is 24.8 Å². The third-order valence-corrected chi connectivity index (χ3v) is 3.48. The second-order valence-corrected chi connectivity index (χ2v) is 5.07. The number of aryl methyl sites for hydroxylation is 1. The van der Waals surface area contributed by atoms with Gasteiger partial charge in [-0.05, 0) is 53.2 Å². The Morgan fingerprint density at radius 1 is 1.27 bits per heavy atom. The zero-order chi connectivity index (χ0) is 11.1. The molecule has 0 aliphatic heterocycles. The Morgan fingerprint density at radius 2 is 1.93 bits per heavy atom. The summed E-state index contributed by atoms with van der Waals surface area (Å²) in [5, 5.41) is 0. The molecule has 0 atom stereocenters. The molecule has 0 amide bonds. The van der Waals surface area contributed by atoms with Gasteiger partial charge in [0, 0.05) is 11.6 Å². The minimum Gasteiger partial charge on any atom is -0.325 e. The summed E-state index contributed by atoms with van der Waals surface area (Å²) in [6.45, 7) is 0. The minimum absolute atomic E-state index is 0.0900. The maximum atomic E-state index is 13.3. The monoisotopic (exact) mass is 275 g/mol. The predicted octanol–water partition coefficient (Wildman–Crippen LogP) is 3.15. The molecule has 2 N–H and O–H groups in total. The van der Waals surface area contributed by atoms with Crippen LogP contribution in [0, 0.1) is 11.6 Å². The molecular weight excluding hydrogens is 264 g/mol. The predicted molar refractivity (Wildman–Crippen MR) is 58.5 cm³/mol. The highest BCUT2D eigenvalue weighted by molar-refractivity contribution is 9.10. The Balaban J connectivity index is 2.10. The molecule has 0 unspecified atom stereocenters. The van der Waals surface area contributed by atoms with Gasteiger partial charge >= 0.3 is 0 Å². The molecule has 0 saturated heterocycles. The first-order valence-electron chi connectivity index (χ1n) is 4.92. The molecule has 82 valence electrons. The molecule has 1 saturated carbocycles. The molecule has 2 rings (SSSR count). The Kier molecular flexibility index (Phi) is 2.81. The van der Waals surface area contributed by atoms with Crippen LogP contribution in [-0.2, 0) is 6.42 Å². The summed E-state index contributed by atoms with van der Waals surface area (Å²) in [5.41, 5.74) is 6.34. The van der Waals surface area contributed by atoms with Gasteiger partial charge in [0.05, 0.1) is 4.47 Å². The van der Waals surface area contributed by atoms with Gasteiger partial charge in [-0.15, -0.1) is 0 Å². The lowest BCUT2D eigenvalue weighted by atomic mass is 10.0. The Hall–Kier alpha value is -0.480. The number of benzene rings is 1. The maximum Gasteiger partial charge on any atom is 0.140 e. The number of rotatable bonds is 3. The van der Waals surface area contributed by atoms with E-state index >= 15 is 0 Å². The van der Waals surface area contributed by atoms with Crippen LogP contribution in [0.25, 0.3) is 0 Å². The highest BCUT2D eigenvalue weighted by Crippen LogP contribution is 2.37. The summed E-state index contributed by atoms with van der Waals surface area (Å²) in [5.74, 6) is -1.05.